The summed E-state index contributed by atoms with van der Waals surface area (Å²) in [5.74, 6) is 0.791. The monoisotopic (exact) mass is 252 g/mol. The van der Waals surface area contributed by atoms with Gasteiger partial charge in [0.05, 0.1) is 14.1 Å². The van der Waals surface area contributed by atoms with E-state index in [0.29, 0.717) is 5.84 Å². The Labute approximate surface area is 104 Å². The number of hydrogen-bond donors (Lipinski definition) is 0. The van der Waals surface area contributed by atoms with Crippen molar-refractivity contribution in [3.63, 3.8) is 0 Å². The number of amides is 3. The zero-order valence-corrected chi connectivity index (χ0v) is 10.8. The molecule has 0 bridgehead atoms. The summed E-state index contributed by atoms with van der Waals surface area (Å²) in [5.41, 5.74) is 0. The number of aliphatic imine (C=N–C) groups is 1. The van der Waals surface area contributed by atoms with E-state index < -0.39 is 5.92 Å². The fourth-order valence-corrected chi connectivity index (χ4v) is 2.77. The van der Waals surface area contributed by atoms with Gasteiger partial charge in [-0.05, 0) is 11.8 Å². The number of fused-ring (bicyclic) bond motifs is 1. The largest absolute Gasteiger partial charge is 0.445 e. The fraction of sp³-hybridized carbons (Fsp3) is 0.455. The maximum atomic E-state index is 12.1. The van der Waals surface area contributed by atoms with Crippen LogP contribution in [0.15, 0.2) is 16.0 Å². The van der Waals surface area contributed by atoms with E-state index in [-0.39, 0.29) is 11.9 Å². The highest BCUT2D eigenvalue weighted by Gasteiger charge is 2.46. The Morgan fingerprint density at radius 1 is 1.53 bits per heavy atom. The molecule has 2 aliphatic rings. The third-order valence-electron chi connectivity index (χ3n) is 2.79. The Kier molecular flexibility index (Phi) is 3.15. The Morgan fingerprint density at radius 3 is 2.88 bits per heavy atom. The first kappa shape index (κ1) is 12.0. The molecule has 0 radical (unpaired) electrons. The summed E-state index contributed by atoms with van der Waals surface area (Å²) in [6, 6.07) is -0.332. The molecule has 0 fully saturated rings. The van der Waals surface area contributed by atoms with Crippen LogP contribution in [0.25, 0.3) is 0 Å². The van der Waals surface area contributed by atoms with Crippen LogP contribution < -0.4 is 0 Å². The average Bonchev–Trinajstić information content (AvgIpc) is 2.34. The van der Waals surface area contributed by atoms with E-state index in [0.717, 1.165) is 15.6 Å². The lowest BCUT2D eigenvalue weighted by Crippen LogP contribution is -2.52. The lowest BCUT2D eigenvalue weighted by molar-refractivity contribution is -0.407. The molecule has 1 atom stereocenters. The van der Waals surface area contributed by atoms with Crippen LogP contribution in [0.1, 0.15) is 6.92 Å². The van der Waals surface area contributed by atoms with Crippen molar-refractivity contribution < 1.29 is 14.2 Å². The molecule has 6 heteroatoms. The second-order valence-corrected chi connectivity index (χ2v) is 5.15. The number of amidine groups is 1. The molecular formula is C11H14N3O2S+. The molecule has 0 N–H and O–H groups in total. The van der Waals surface area contributed by atoms with Crippen LogP contribution in [-0.4, -0.2) is 53.3 Å². The second kappa shape index (κ2) is 4.44. The zero-order chi connectivity index (χ0) is 12.6. The van der Waals surface area contributed by atoms with Crippen molar-refractivity contribution in [2.24, 2.45) is 10.9 Å². The van der Waals surface area contributed by atoms with E-state index in [2.05, 4.69) is 4.99 Å². The molecule has 2 heterocycles. The van der Waals surface area contributed by atoms with Crippen LogP contribution >= 0.6 is 11.8 Å². The second-order valence-electron chi connectivity index (χ2n) is 3.81. The van der Waals surface area contributed by atoms with Gasteiger partial charge in [-0.2, -0.15) is 9.48 Å². The molecule has 0 aromatic carbocycles. The van der Waals surface area contributed by atoms with E-state index in [1.54, 1.807) is 25.0 Å². The van der Waals surface area contributed by atoms with Gasteiger partial charge in [-0.15, -0.1) is 16.8 Å². The predicted octanol–water partition coefficient (Wildman–Crippen LogP) is 0.957. The Morgan fingerprint density at radius 2 is 2.24 bits per heavy atom. The van der Waals surface area contributed by atoms with Crippen LogP contribution in [0.5, 0.6) is 0 Å². The molecule has 2 rings (SSSR count). The van der Waals surface area contributed by atoms with Gasteiger partial charge in [0, 0.05) is 4.91 Å². The number of allylic oxidation sites excluding steroid dienone is 1. The Hall–Kier alpha value is -1.43. The molecule has 0 aliphatic carbocycles. The standard InChI is InChI=1S/C11H14N3O2S/c1-4-17-7-5-6-12-9-8(7)10(15)14(3)11(16)13(9)2/h5-6,8H,4H2,1-3H3/q+1. The predicted molar refractivity (Wildman–Crippen MR) is 67.6 cm³/mol. The topological polar surface area (TPSA) is 52.8 Å². The van der Waals surface area contributed by atoms with Crippen molar-refractivity contribution in [3.05, 3.63) is 11.0 Å². The highest BCUT2D eigenvalue weighted by molar-refractivity contribution is 8.03. The zero-order valence-electron chi connectivity index (χ0n) is 10.0. The molecule has 0 saturated heterocycles. The van der Waals surface area contributed by atoms with E-state index >= 15 is 0 Å². The molecule has 0 aromatic rings. The fourth-order valence-electron chi connectivity index (χ4n) is 1.91. The maximum absolute atomic E-state index is 12.1. The Bertz CT molecular complexity index is 479. The van der Waals surface area contributed by atoms with Gasteiger partial charge in [0.15, 0.2) is 5.92 Å². The molecule has 2 aliphatic heterocycles. The minimum absolute atomic E-state index is 0.202. The lowest BCUT2D eigenvalue weighted by atomic mass is 10.0. The number of imide groups is 1. The average molecular weight is 252 g/mol. The molecule has 1 unspecified atom stereocenters. The molecule has 0 spiro atoms. The number of carbonyl (C=O) groups is 2. The van der Waals surface area contributed by atoms with Gasteiger partial charge in [-0.25, -0.2) is 4.79 Å². The number of urea groups is 1. The summed E-state index contributed by atoms with van der Waals surface area (Å²) in [6.07, 6.45) is 3.49. The van der Waals surface area contributed by atoms with Crippen LogP contribution in [0.3, 0.4) is 0 Å². The highest BCUT2D eigenvalue weighted by atomic mass is 32.2. The van der Waals surface area contributed by atoms with Crippen LogP contribution in [0.2, 0.25) is 0 Å². The summed E-state index contributed by atoms with van der Waals surface area (Å²) in [5, 5.41) is 0. The lowest BCUT2D eigenvalue weighted by Gasteiger charge is -2.26. The van der Waals surface area contributed by atoms with Gasteiger partial charge < -0.3 is 0 Å². The smallest absolute Gasteiger partial charge is 0.255 e. The van der Waals surface area contributed by atoms with E-state index in [1.807, 2.05) is 13.0 Å². The quantitative estimate of drug-likeness (QED) is 0.688. The number of dihydropyridines is 1. The summed E-state index contributed by atoms with van der Waals surface area (Å²) >= 11 is 1.61. The number of hydrogen-bond acceptors (Lipinski definition) is 4. The van der Waals surface area contributed by atoms with Gasteiger partial charge in [0.1, 0.15) is 6.21 Å². The van der Waals surface area contributed by atoms with E-state index in [4.69, 9.17) is 0 Å². The first-order chi connectivity index (χ1) is 8.07. The molecule has 0 saturated carbocycles. The van der Waals surface area contributed by atoms with Gasteiger partial charge in [-0.3, -0.25) is 4.79 Å². The molecule has 3 amide bonds. The summed E-state index contributed by atoms with van der Waals surface area (Å²) in [4.78, 5) is 30.2. The number of thioether (sulfide) groups is 1. The van der Waals surface area contributed by atoms with Gasteiger partial charge in [0.2, 0.25) is 0 Å². The van der Waals surface area contributed by atoms with Crippen molar-refractivity contribution in [2.45, 2.75) is 6.92 Å². The minimum Gasteiger partial charge on any atom is -0.255 e. The van der Waals surface area contributed by atoms with Crippen molar-refractivity contribution >= 4 is 35.8 Å². The van der Waals surface area contributed by atoms with E-state index in [1.165, 1.54) is 11.6 Å². The number of nitrogens with zero attached hydrogens (tertiary/aromatic N) is 3. The molecule has 90 valence electrons. The third kappa shape index (κ3) is 1.82. The molecular weight excluding hydrogens is 238 g/mol. The van der Waals surface area contributed by atoms with Gasteiger partial charge in [-0.1, -0.05) is 6.92 Å². The number of rotatable bonds is 2. The molecule has 5 nitrogen and oxygen atoms in total. The van der Waals surface area contributed by atoms with Crippen molar-refractivity contribution in [3.8, 4) is 0 Å². The molecule has 17 heavy (non-hydrogen) atoms. The third-order valence-corrected chi connectivity index (χ3v) is 3.79. The highest BCUT2D eigenvalue weighted by Crippen LogP contribution is 2.31. The first-order valence-corrected chi connectivity index (χ1v) is 6.35. The first-order valence-electron chi connectivity index (χ1n) is 5.37. The van der Waals surface area contributed by atoms with Crippen LogP contribution in [0.4, 0.5) is 4.79 Å². The maximum Gasteiger partial charge on any atom is 0.445 e. The minimum atomic E-state index is -0.419. The summed E-state index contributed by atoms with van der Waals surface area (Å²) < 4.78 is 1.44. The summed E-state index contributed by atoms with van der Waals surface area (Å²) in [7, 11) is 3.15. The number of carbonyl (C=O) groups excluding carboxylic acids is 2. The van der Waals surface area contributed by atoms with Gasteiger partial charge >= 0.3 is 11.9 Å². The van der Waals surface area contributed by atoms with E-state index in [9.17, 15) is 9.59 Å². The van der Waals surface area contributed by atoms with Gasteiger partial charge in [0.25, 0.3) is 5.84 Å². The van der Waals surface area contributed by atoms with Crippen molar-refractivity contribution in [2.75, 3.05) is 19.8 Å². The van der Waals surface area contributed by atoms with Crippen LogP contribution in [-0.2, 0) is 4.79 Å². The van der Waals surface area contributed by atoms with Crippen LogP contribution in [0, 0.1) is 5.92 Å². The normalized spacial score (nSPS) is 24.1. The van der Waals surface area contributed by atoms with Crippen molar-refractivity contribution in [1.82, 2.24) is 4.90 Å². The van der Waals surface area contributed by atoms with Crippen molar-refractivity contribution in [1.29, 1.82) is 0 Å². The summed E-state index contributed by atoms with van der Waals surface area (Å²) in [6.45, 7) is 2.03. The Balaban J connectivity index is 2.50. The SMILES string of the molecule is CCSC1=CC=NC2=[N+](C)C(=O)N(C)C(=O)C12. The molecule has 0 aromatic heterocycles.